The lowest BCUT2D eigenvalue weighted by Gasteiger charge is -2.32. The molecule has 0 bridgehead atoms. The van der Waals surface area contributed by atoms with Crippen molar-refractivity contribution in [2.45, 2.75) is 50.4 Å². The summed E-state index contributed by atoms with van der Waals surface area (Å²) in [6.07, 6.45) is 3.25. The van der Waals surface area contributed by atoms with E-state index in [1.165, 1.54) is 0 Å². The first-order valence-corrected chi connectivity index (χ1v) is 12.6. The van der Waals surface area contributed by atoms with Gasteiger partial charge in [0, 0.05) is 39.6 Å². The summed E-state index contributed by atoms with van der Waals surface area (Å²) in [5.41, 5.74) is 3.52. The zero-order valence-electron chi connectivity index (χ0n) is 18.4. The van der Waals surface area contributed by atoms with E-state index in [1.54, 1.807) is 11.8 Å². The van der Waals surface area contributed by atoms with Crippen LogP contribution in [0.2, 0.25) is 5.02 Å². The van der Waals surface area contributed by atoms with Crippen molar-refractivity contribution in [1.29, 1.82) is 0 Å². The fraction of sp³-hybridized carbons (Fsp3) is 0.320. The van der Waals surface area contributed by atoms with Gasteiger partial charge in [-0.25, -0.2) is 4.68 Å². The molecule has 170 valence electrons. The normalized spacial score (nSPS) is 17.4. The summed E-state index contributed by atoms with van der Waals surface area (Å²) in [5, 5.41) is 9.56. The molecule has 8 heteroatoms. The Balaban J connectivity index is 1.56. The van der Waals surface area contributed by atoms with E-state index in [1.807, 2.05) is 53.2 Å². The number of hydrogen-bond acceptors (Lipinski definition) is 6. The van der Waals surface area contributed by atoms with Crippen LogP contribution in [0.1, 0.15) is 49.8 Å². The highest BCUT2D eigenvalue weighted by Crippen LogP contribution is 2.43. The molecule has 2 heterocycles. The van der Waals surface area contributed by atoms with Gasteiger partial charge in [-0.1, -0.05) is 66.7 Å². The zero-order valence-corrected chi connectivity index (χ0v) is 20.0. The first-order valence-electron chi connectivity index (χ1n) is 11.2. The maximum Gasteiger partial charge on any atom is 0.227 e. The van der Waals surface area contributed by atoms with E-state index >= 15 is 0 Å². The molecular formula is C25H25ClN4O2S. The number of aromatic nitrogens is 3. The van der Waals surface area contributed by atoms with Crippen LogP contribution in [-0.4, -0.2) is 26.3 Å². The Hall–Kier alpha value is -2.77. The monoisotopic (exact) mass is 480 g/mol. The van der Waals surface area contributed by atoms with Crippen LogP contribution in [0.25, 0.3) is 0 Å². The molecule has 0 amide bonds. The van der Waals surface area contributed by atoms with Crippen LogP contribution in [0.3, 0.4) is 0 Å². The van der Waals surface area contributed by atoms with E-state index in [0.717, 1.165) is 47.4 Å². The van der Waals surface area contributed by atoms with Gasteiger partial charge in [-0.05, 0) is 31.4 Å². The number of Topliss-reactive ketones (excluding diaryl/α,β-unsaturated/α-hetero) is 1. The van der Waals surface area contributed by atoms with Crippen molar-refractivity contribution >= 4 is 35.1 Å². The standard InChI is InChI=1S/C25H25ClN4O2S/c1-2-14-33-25-28-24-27-19-11-7-12-20(31)22(19)23(30(24)29-25)17-9-4-6-13-21(17)32-15-16-8-3-5-10-18(16)26/h3-6,8-10,13,23H,2,7,11-12,14-15H2,1H3,(H,27,28,29). The van der Waals surface area contributed by atoms with Gasteiger partial charge in [0.25, 0.3) is 0 Å². The molecule has 0 saturated carbocycles. The second-order valence-corrected chi connectivity index (χ2v) is 9.59. The van der Waals surface area contributed by atoms with Crippen molar-refractivity contribution in [3.8, 4) is 5.75 Å². The van der Waals surface area contributed by atoms with Gasteiger partial charge in [0.2, 0.25) is 11.1 Å². The molecule has 1 unspecified atom stereocenters. The van der Waals surface area contributed by atoms with Crippen LogP contribution in [0.5, 0.6) is 5.75 Å². The van der Waals surface area contributed by atoms with Crippen LogP contribution >= 0.6 is 23.4 Å². The highest BCUT2D eigenvalue weighted by atomic mass is 35.5. The summed E-state index contributed by atoms with van der Waals surface area (Å²) < 4.78 is 8.10. The minimum Gasteiger partial charge on any atom is -0.488 e. The van der Waals surface area contributed by atoms with Crippen molar-refractivity contribution in [3.63, 3.8) is 0 Å². The van der Waals surface area contributed by atoms with Crippen LogP contribution in [0.15, 0.2) is 65.0 Å². The van der Waals surface area contributed by atoms with Crippen LogP contribution < -0.4 is 10.1 Å². The molecule has 0 spiro atoms. The number of halogens is 1. The number of nitrogens with one attached hydrogen (secondary N) is 1. The number of carbonyl (C=O) groups is 1. The third kappa shape index (κ3) is 4.39. The summed E-state index contributed by atoms with van der Waals surface area (Å²) in [6.45, 7) is 2.47. The minimum atomic E-state index is -0.380. The Morgan fingerprint density at radius 3 is 2.85 bits per heavy atom. The molecule has 0 saturated heterocycles. The highest BCUT2D eigenvalue weighted by molar-refractivity contribution is 7.99. The number of para-hydroxylation sites is 1. The molecule has 2 aliphatic rings. The molecule has 1 aromatic heterocycles. The van der Waals surface area contributed by atoms with Gasteiger partial charge in [0.1, 0.15) is 18.4 Å². The largest absolute Gasteiger partial charge is 0.488 e. The topological polar surface area (TPSA) is 69.0 Å². The molecule has 0 fully saturated rings. The zero-order chi connectivity index (χ0) is 22.8. The third-order valence-electron chi connectivity index (χ3n) is 5.84. The van der Waals surface area contributed by atoms with Crippen LogP contribution in [-0.2, 0) is 11.4 Å². The van der Waals surface area contributed by atoms with Gasteiger partial charge < -0.3 is 10.1 Å². The molecule has 3 aromatic rings. The Labute approximate surface area is 202 Å². The van der Waals surface area contributed by atoms with Gasteiger partial charge in [-0.3, -0.25) is 4.79 Å². The summed E-state index contributed by atoms with van der Waals surface area (Å²) in [7, 11) is 0. The number of nitrogens with zero attached hydrogens (tertiary/aromatic N) is 3. The lowest BCUT2D eigenvalue weighted by atomic mass is 9.85. The second-order valence-electron chi connectivity index (χ2n) is 8.13. The Morgan fingerprint density at radius 2 is 2.00 bits per heavy atom. The number of thioether (sulfide) groups is 1. The fourth-order valence-electron chi connectivity index (χ4n) is 4.29. The van der Waals surface area contributed by atoms with E-state index in [0.29, 0.717) is 34.9 Å². The van der Waals surface area contributed by atoms with Crippen molar-refractivity contribution in [2.75, 3.05) is 11.1 Å². The molecule has 1 atom stereocenters. The van der Waals surface area contributed by atoms with Gasteiger partial charge in [0.15, 0.2) is 5.78 Å². The first-order chi connectivity index (χ1) is 16.2. The van der Waals surface area contributed by atoms with Gasteiger partial charge in [-0.15, -0.1) is 5.10 Å². The molecule has 0 radical (unpaired) electrons. The number of benzene rings is 2. The summed E-state index contributed by atoms with van der Waals surface area (Å²) in [6, 6.07) is 15.1. The molecule has 33 heavy (non-hydrogen) atoms. The minimum absolute atomic E-state index is 0.151. The molecule has 1 N–H and O–H groups in total. The van der Waals surface area contributed by atoms with Gasteiger partial charge in [0.05, 0.1) is 0 Å². The smallest absolute Gasteiger partial charge is 0.227 e. The Kier molecular flexibility index (Phi) is 6.42. The lowest BCUT2D eigenvalue weighted by molar-refractivity contribution is -0.116. The Bertz CT molecular complexity index is 1220. The number of rotatable bonds is 7. The van der Waals surface area contributed by atoms with Crippen LogP contribution in [0.4, 0.5) is 5.95 Å². The second kappa shape index (κ2) is 9.61. The summed E-state index contributed by atoms with van der Waals surface area (Å²) >= 11 is 7.96. The van der Waals surface area contributed by atoms with E-state index in [2.05, 4.69) is 12.2 Å². The molecule has 5 rings (SSSR count). The van der Waals surface area contributed by atoms with Gasteiger partial charge >= 0.3 is 0 Å². The van der Waals surface area contributed by atoms with Crippen molar-refractivity contribution < 1.29 is 9.53 Å². The first kappa shape index (κ1) is 22.0. The van der Waals surface area contributed by atoms with Gasteiger partial charge in [-0.2, -0.15) is 4.98 Å². The number of ketones is 1. The maximum absolute atomic E-state index is 13.1. The highest BCUT2D eigenvalue weighted by Gasteiger charge is 2.38. The van der Waals surface area contributed by atoms with E-state index in [-0.39, 0.29) is 11.8 Å². The van der Waals surface area contributed by atoms with E-state index < -0.39 is 0 Å². The Morgan fingerprint density at radius 1 is 1.18 bits per heavy atom. The molecule has 1 aliphatic carbocycles. The van der Waals surface area contributed by atoms with Crippen molar-refractivity contribution in [1.82, 2.24) is 14.8 Å². The SMILES string of the molecule is CCCSc1nc2n(n1)C(c1ccccc1OCc1ccccc1Cl)C1=C(CCCC1=O)N2. The average molecular weight is 481 g/mol. The fourth-order valence-corrected chi connectivity index (χ4v) is 5.16. The number of fused-ring (bicyclic) bond motifs is 1. The molecule has 6 nitrogen and oxygen atoms in total. The summed E-state index contributed by atoms with van der Waals surface area (Å²) in [4.78, 5) is 17.8. The van der Waals surface area contributed by atoms with E-state index in [9.17, 15) is 4.79 Å². The number of allylic oxidation sites excluding steroid dienone is 2. The quantitative estimate of drug-likeness (QED) is 0.416. The number of ether oxygens (including phenoxy) is 1. The molecule has 1 aliphatic heterocycles. The van der Waals surface area contributed by atoms with Crippen LogP contribution in [0, 0.1) is 0 Å². The van der Waals surface area contributed by atoms with E-state index in [4.69, 9.17) is 26.4 Å². The predicted molar refractivity (Wildman–Crippen MR) is 131 cm³/mol. The third-order valence-corrected chi connectivity index (χ3v) is 7.25. The molecular weight excluding hydrogens is 456 g/mol. The number of hydrogen-bond donors (Lipinski definition) is 1. The lowest BCUT2D eigenvalue weighted by Crippen LogP contribution is -2.31. The van der Waals surface area contributed by atoms with Crippen molar-refractivity contribution in [3.05, 3.63) is 76.0 Å². The average Bonchev–Trinajstić information content (AvgIpc) is 3.24. The molecule has 2 aromatic carbocycles. The number of anilines is 1. The maximum atomic E-state index is 13.1. The summed E-state index contributed by atoms with van der Waals surface area (Å²) in [5.74, 6) is 2.47. The predicted octanol–water partition coefficient (Wildman–Crippen LogP) is 6.03. The van der Waals surface area contributed by atoms with Crippen molar-refractivity contribution in [2.24, 2.45) is 0 Å². The number of carbonyl (C=O) groups excluding carboxylic acids is 1.